The molecule has 0 fully saturated rings. The predicted octanol–water partition coefficient (Wildman–Crippen LogP) is 5.59. The Labute approximate surface area is 177 Å². The van der Waals surface area contributed by atoms with Gasteiger partial charge in [-0.25, -0.2) is 5.43 Å². The van der Waals surface area contributed by atoms with Crippen molar-refractivity contribution in [2.75, 3.05) is 6.61 Å². The van der Waals surface area contributed by atoms with E-state index in [1.54, 1.807) is 6.21 Å². The van der Waals surface area contributed by atoms with Crippen LogP contribution in [0.3, 0.4) is 0 Å². The SMILES string of the molecule is Cc1ccc(OCC(=O)N/N=C\c2c3ccccc3cc3ccccc23)c(Br)c1. The van der Waals surface area contributed by atoms with Crippen LogP contribution in [0, 0.1) is 6.92 Å². The number of benzene rings is 4. The van der Waals surface area contributed by atoms with Crippen molar-refractivity contribution >= 4 is 49.6 Å². The summed E-state index contributed by atoms with van der Waals surface area (Å²) in [7, 11) is 0. The topological polar surface area (TPSA) is 50.7 Å². The highest BCUT2D eigenvalue weighted by molar-refractivity contribution is 9.10. The Morgan fingerprint density at radius 1 is 1.00 bits per heavy atom. The van der Waals surface area contributed by atoms with Gasteiger partial charge in [0.05, 0.1) is 10.7 Å². The van der Waals surface area contributed by atoms with Gasteiger partial charge in [0.2, 0.25) is 0 Å². The van der Waals surface area contributed by atoms with Gasteiger partial charge in [-0.05, 0) is 68.2 Å². The maximum absolute atomic E-state index is 12.1. The second-order valence-electron chi connectivity index (χ2n) is 6.75. The fourth-order valence-electron chi connectivity index (χ4n) is 3.26. The molecule has 0 saturated heterocycles. The molecular formula is C24H19BrN2O2. The number of nitrogens with one attached hydrogen (secondary N) is 1. The van der Waals surface area contributed by atoms with E-state index in [1.807, 2.05) is 49.4 Å². The van der Waals surface area contributed by atoms with E-state index in [9.17, 15) is 4.79 Å². The summed E-state index contributed by atoms with van der Waals surface area (Å²) in [5, 5.41) is 8.61. The number of fused-ring (bicyclic) bond motifs is 2. The Morgan fingerprint density at radius 3 is 2.31 bits per heavy atom. The zero-order chi connectivity index (χ0) is 20.2. The Bertz CT molecular complexity index is 1180. The van der Waals surface area contributed by atoms with Gasteiger partial charge in [-0.15, -0.1) is 0 Å². The number of hydrogen-bond donors (Lipinski definition) is 1. The predicted molar refractivity (Wildman–Crippen MR) is 122 cm³/mol. The molecule has 0 unspecified atom stereocenters. The Morgan fingerprint density at radius 2 is 1.66 bits per heavy atom. The van der Waals surface area contributed by atoms with Crippen molar-refractivity contribution in [2.45, 2.75) is 6.92 Å². The minimum absolute atomic E-state index is 0.116. The van der Waals surface area contributed by atoms with Gasteiger partial charge in [-0.1, -0.05) is 54.6 Å². The summed E-state index contributed by atoms with van der Waals surface area (Å²) in [5.41, 5.74) is 4.64. The summed E-state index contributed by atoms with van der Waals surface area (Å²) in [6, 6.07) is 24.2. The number of amides is 1. The first-order valence-corrected chi connectivity index (χ1v) is 10.0. The molecule has 1 amide bonds. The third-order valence-electron chi connectivity index (χ3n) is 4.64. The fourth-order valence-corrected chi connectivity index (χ4v) is 3.86. The molecule has 0 heterocycles. The largest absolute Gasteiger partial charge is 0.483 e. The second kappa shape index (κ2) is 8.45. The van der Waals surface area contributed by atoms with Crippen LogP contribution < -0.4 is 10.2 Å². The number of halogens is 1. The Hall–Kier alpha value is -3.18. The fraction of sp³-hybridized carbons (Fsp3) is 0.0833. The number of nitrogens with zero attached hydrogens (tertiary/aromatic N) is 1. The number of rotatable bonds is 5. The molecule has 0 aromatic heterocycles. The molecule has 29 heavy (non-hydrogen) atoms. The van der Waals surface area contributed by atoms with E-state index < -0.39 is 0 Å². The number of hydrazone groups is 1. The number of carbonyl (C=O) groups excluding carboxylic acids is 1. The monoisotopic (exact) mass is 446 g/mol. The Kier molecular flexibility index (Phi) is 5.58. The summed E-state index contributed by atoms with van der Waals surface area (Å²) in [5.74, 6) is 0.299. The van der Waals surface area contributed by atoms with Crippen LogP contribution in [0.25, 0.3) is 21.5 Å². The minimum Gasteiger partial charge on any atom is -0.483 e. The van der Waals surface area contributed by atoms with Gasteiger partial charge in [0.15, 0.2) is 6.61 Å². The number of aryl methyl sites for hydroxylation is 1. The van der Waals surface area contributed by atoms with Crippen LogP contribution in [0.1, 0.15) is 11.1 Å². The van der Waals surface area contributed by atoms with E-state index in [-0.39, 0.29) is 12.5 Å². The van der Waals surface area contributed by atoms with E-state index in [0.717, 1.165) is 37.1 Å². The van der Waals surface area contributed by atoms with Crippen molar-refractivity contribution in [3.63, 3.8) is 0 Å². The van der Waals surface area contributed by atoms with Gasteiger partial charge in [-0.3, -0.25) is 4.79 Å². The van der Waals surface area contributed by atoms with Crippen LogP contribution in [0.4, 0.5) is 0 Å². The van der Waals surface area contributed by atoms with E-state index in [4.69, 9.17) is 4.74 Å². The molecule has 0 saturated carbocycles. The van der Waals surface area contributed by atoms with Gasteiger partial charge in [0, 0.05) is 5.56 Å². The average molecular weight is 447 g/mol. The van der Waals surface area contributed by atoms with E-state index >= 15 is 0 Å². The molecular weight excluding hydrogens is 428 g/mol. The lowest BCUT2D eigenvalue weighted by atomic mass is 9.97. The van der Waals surface area contributed by atoms with E-state index in [0.29, 0.717) is 5.75 Å². The Balaban J connectivity index is 1.51. The highest BCUT2D eigenvalue weighted by Crippen LogP contribution is 2.27. The molecule has 0 aliphatic rings. The van der Waals surface area contributed by atoms with Crippen LogP contribution in [-0.4, -0.2) is 18.7 Å². The minimum atomic E-state index is -0.321. The summed E-state index contributed by atoms with van der Waals surface area (Å²) in [6.45, 7) is 1.88. The third-order valence-corrected chi connectivity index (χ3v) is 5.26. The van der Waals surface area contributed by atoms with Crippen molar-refractivity contribution in [3.05, 3.63) is 88.4 Å². The maximum Gasteiger partial charge on any atom is 0.277 e. The van der Waals surface area contributed by atoms with Gasteiger partial charge < -0.3 is 4.74 Å². The molecule has 0 aliphatic heterocycles. The highest BCUT2D eigenvalue weighted by atomic mass is 79.9. The first-order chi connectivity index (χ1) is 14.1. The third kappa shape index (κ3) is 4.30. The zero-order valence-electron chi connectivity index (χ0n) is 15.9. The van der Waals surface area contributed by atoms with E-state index in [1.165, 1.54) is 0 Å². The molecule has 0 spiro atoms. The van der Waals surface area contributed by atoms with Crippen LogP contribution >= 0.6 is 15.9 Å². The molecule has 0 bridgehead atoms. The summed E-state index contributed by atoms with van der Waals surface area (Å²) < 4.78 is 6.38. The van der Waals surface area contributed by atoms with Crippen LogP contribution in [0.5, 0.6) is 5.75 Å². The molecule has 4 rings (SSSR count). The van der Waals surface area contributed by atoms with Gasteiger partial charge in [-0.2, -0.15) is 5.10 Å². The molecule has 1 N–H and O–H groups in total. The molecule has 144 valence electrons. The molecule has 4 aromatic carbocycles. The quantitative estimate of drug-likeness (QED) is 0.246. The standard InChI is InChI=1S/C24H19BrN2O2/c1-16-10-11-23(22(25)12-16)29-15-24(28)27-26-14-21-19-8-4-2-6-17(19)13-18-7-3-5-9-20(18)21/h2-14H,15H2,1H3,(H,27,28)/b26-14-. The van der Waals surface area contributed by atoms with Crippen LogP contribution in [0.2, 0.25) is 0 Å². The molecule has 0 atom stereocenters. The lowest BCUT2D eigenvalue weighted by Crippen LogP contribution is -2.24. The summed E-state index contributed by atoms with van der Waals surface area (Å²) in [6.07, 6.45) is 1.70. The first kappa shape index (κ1) is 19.2. The van der Waals surface area contributed by atoms with Crippen molar-refractivity contribution < 1.29 is 9.53 Å². The highest BCUT2D eigenvalue weighted by Gasteiger charge is 2.07. The summed E-state index contributed by atoms with van der Waals surface area (Å²) >= 11 is 3.44. The number of carbonyl (C=O) groups is 1. The smallest absolute Gasteiger partial charge is 0.277 e. The van der Waals surface area contributed by atoms with Crippen molar-refractivity contribution in [3.8, 4) is 5.75 Å². The van der Waals surface area contributed by atoms with Crippen LogP contribution in [-0.2, 0) is 4.79 Å². The van der Waals surface area contributed by atoms with Crippen LogP contribution in [0.15, 0.2) is 82.4 Å². The van der Waals surface area contributed by atoms with Crippen molar-refractivity contribution in [1.29, 1.82) is 0 Å². The normalized spacial score (nSPS) is 11.2. The van der Waals surface area contributed by atoms with Crippen molar-refractivity contribution in [1.82, 2.24) is 5.43 Å². The average Bonchev–Trinajstić information content (AvgIpc) is 2.72. The summed E-state index contributed by atoms with van der Waals surface area (Å²) in [4.78, 5) is 12.1. The van der Waals surface area contributed by atoms with Crippen molar-refractivity contribution in [2.24, 2.45) is 5.10 Å². The zero-order valence-corrected chi connectivity index (χ0v) is 17.4. The lowest BCUT2D eigenvalue weighted by Gasteiger charge is -2.09. The lowest BCUT2D eigenvalue weighted by molar-refractivity contribution is -0.123. The van der Waals surface area contributed by atoms with Gasteiger partial charge in [0.25, 0.3) is 5.91 Å². The molecule has 0 radical (unpaired) electrons. The maximum atomic E-state index is 12.1. The molecule has 4 aromatic rings. The second-order valence-corrected chi connectivity index (χ2v) is 7.60. The number of ether oxygens (including phenoxy) is 1. The van der Waals surface area contributed by atoms with Gasteiger partial charge >= 0.3 is 0 Å². The van der Waals surface area contributed by atoms with E-state index in [2.05, 4.69) is 56.8 Å². The number of hydrogen-bond acceptors (Lipinski definition) is 3. The van der Waals surface area contributed by atoms with Gasteiger partial charge in [0.1, 0.15) is 5.75 Å². The molecule has 4 nitrogen and oxygen atoms in total. The molecule has 0 aliphatic carbocycles. The molecule has 5 heteroatoms. The first-order valence-electron chi connectivity index (χ1n) is 9.23.